The van der Waals surface area contributed by atoms with Crippen molar-refractivity contribution in [3.05, 3.63) is 29.8 Å². The van der Waals surface area contributed by atoms with Gasteiger partial charge < -0.3 is 10.4 Å². The van der Waals surface area contributed by atoms with Gasteiger partial charge in [0.15, 0.2) is 0 Å². The summed E-state index contributed by atoms with van der Waals surface area (Å²) >= 11 is 0. The first-order chi connectivity index (χ1) is 8.93. The van der Waals surface area contributed by atoms with Gasteiger partial charge in [-0.2, -0.15) is 0 Å². The van der Waals surface area contributed by atoms with Crippen LogP contribution < -0.4 is 5.32 Å². The van der Waals surface area contributed by atoms with Crippen molar-refractivity contribution >= 4 is 17.6 Å². The second-order valence-corrected chi connectivity index (χ2v) is 4.60. The molecule has 0 aliphatic carbocycles. The molecule has 0 radical (unpaired) electrons. The maximum Gasteiger partial charge on any atom is 0.320 e. The molecular formula is C14H20N2O3. The Morgan fingerprint density at radius 1 is 1.42 bits per heavy atom. The summed E-state index contributed by atoms with van der Waals surface area (Å²) in [6, 6.07) is 6.84. The van der Waals surface area contributed by atoms with E-state index in [0.29, 0.717) is 6.42 Å². The maximum atomic E-state index is 11.8. The lowest BCUT2D eigenvalue weighted by Crippen LogP contribution is -2.42. The van der Waals surface area contributed by atoms with E-state index in [1.165, 1.54) is 4.90 Å². The molecule has 0 bridgehead atoms. The number of benzene rings is 1. The molecule has 1 rings (SSSR count). The topological polar surface area (TPSA) is 69.6 Å². The zero-order chi connectivity index (χ0) is 14.4. The van der Waals surface area contributed by atoms with Gasteiger partial charge in [0.2, 0.25) is 5.91 Å². The summed E-state index contributed by atoms with van der Waals surface area (Å²) in [6.45, 7) is 3.78. The van der Waals surface area contributed by atoms with Gasteiger partial charge >= 0.3 is 5.97 Å². The molecule has 1 atom stereocenters. The van der Waals surface area contributed by atoms with Crippen molar-refractivity contribution in [2.24, 2.45) is 0 Å². The van der Waals surface area contributed by atoms with Gasteiger partial charge in [0.1, 0.15) is 6.04 Å². The van der Waals surface area contributed by atoms with Gasteiger partial charge in [0, 0.05) is 5.69 Å². The van der Waals surface area contributed by atoms with Crippen LogP contribution in [0.4, 0.5) is 5.69 Å². The van der Waals surface area contributed by atoms with E-state index in [9.17, 15) is 9.59 Å². The largest absolute Gasteiger partial charge is 0.480 e. The molecule has 1 unspecified atom stereocenters. The zero-order valence-corrected chi connectivity index (χ0v) is 11.5. The van der Waals surface area contributed by atoms with E-state index in [1.54, 1.807) is 20.0 Å². The average Bonchev–Trinajstić information content (AvgIpc) is 2.28. The van der Waals surface area contributed by atoms with Gasteiger partial charge in [0.05, 0.1) is 6.54 Å². The van der Waals surface area contributed by atoms with Crippen LogP contribution in [0.2, 0.25) is 0 Å². The van der Waals surface area contributed by atoms with Crippen LogP contribution in [-0.2, 0) is 9.59 Å². The van der Waals surface area contributed by atoms with E-state index in [-0.39, 0.29) is 12.5 Å². The molecule has 0 aliphatic rings. The number of aliphatic carboxylic acids is 1. The van der Waals surface area contributed by atoms with E-state index >= 15 is 0 Å². The number of anilines is 1. The lowest BCUT2D eigenvalue weighted by molar-refractivity contribution is -0.143. The Morgan fingerprint density at radius 2 is 2.11 bits per heavy atom. The fourth-order valence-corrected chi connectivity index (χ4v) is 1.93. The molecule has 0 saturated carbocycles. The number of hydrogen-bond acceptors (Lipinski definition) is 3. The highest BCUT2D eigenvalue weighted by molar-refractivity contribution is 5.92. The van der Waals surface area contributed by atoms with Crippen molar-refractivity contribution in [2.45, 2.75) is 26.3 Å². The third-order valence-corrected chi connectivity index (χ3v) is 2.90. The fourth-order valence-electron chi connectivity index (χ4n) is 1.93. The van der Waals surface area contributed by atoms with Crippen LogP contribution in [0, 0.1) is 6.92 Å². The molecule has 19 heavy (non-hydrogen) atoms. The molecule has 0 aliphatic heterocycles. The van der Waals surface area contributed by atoms with Crippen molar-refractivity contribution in [1.82, 2.24) is 4.90 Å². The van der Waals surface area contributed by atoms with Crippen molar-refractivity contribution in [3.63, 3.8) is 0 Å². The van der Waals surface area contributed by atoms with Crippen molar-refractivity contribution in [1.29, 1.82) is 0 Å². The van der Waals surface area contributed by atoms with Crippen LogP contribution in [-0.4, -0.2) is 41.5 Å². The summed E-state index contributed by atoms with van der Waals surface area (Å²) in [7, 11) is 1.64. The van der Waals surface area contributed by atoms with Gasteiger partial charge in [-0.15, -0.1) is 0 Å². The predicted molar refractivity (Wildman–Crippen MR) is 74.2 cm³/mol. The van der Waals surface area contributed by atoms with Gasteiger partial charge in [-0.1, -0.05) is 19.1 Å². The molecule has 2 N–H and O–H groups in total. The molecule has 5 heteroatoms. The number of aryl methyl sites for hydroxylation is 1. The Labute approximate surface area is 113 Å². The summed E-state index contributed by atoms with van der Waals surface area (Å²) in [6.07, 6.45) is 0.462. The molecule has 104 valence electrons. The maximum absolute atomic E-state index is 11.8. The highest BCUT2D eigenvalue weighted by atomic mass is 16.4. The lowest BCUT2D eigenvalue weighted by atomic mass is 10.2. The molecule has 0 saturated heterocycles. The number of carbonyl (C=O) groups is 2. The molecule has 1 amide bonds. The molecule has 1 aromatic rings. The molecule has 1 aromatic carbocycles. The Kier molecular flexibility index (Phi) is 5.51. The fraction of sp³-hybridized carbons (Fsp3) is 0.429. The van der Waals surface area contributed by atoms with E-state index in [4.69, 9.17) is 5.11 Å². The summed E-state index contributed by atoms with van der Waals surface area (Å²) < 4.78 is 0. The number of nitrogens with one attached hydrogen (secondary N) is 1. The molecule has 0 fully saturated rings. The Balaban J connectivity index is 2.58. The van der Waals surface area contributed by atoms with Crippen LogP contribution in [0.15, 0.2) is 24.3 Å². The van der Waals surface area contributed by atoms with Crippen LogP contribution in [0.1, 0.15) is 18.9 Å². The summed E-state index contributed by atoms with van der Waals surface area (Å²) in [5, 5.41) is 11.8. The first-order valence-electron chi connectivity index (χ1n) is 6.23. The predicted octanol–water partition coefficient (Wildman–Crippen LogP) is 1.73. The van der Waals surface area contributed by atoms with Crippen molar-refractivity contribution in [2.75, 3.05) is 18.9 Å². The van der Waals surface area contributed by atoms with E-state index in [0.717, 1.165) is 11.3 Å². The van der Waals surface area contributed by atoms with E-state index < -0.39 is 12.0 Å². The van der Waals surface area contributed by atoms with E-state index in [1.807, 2.05) is 25.1 Å². The molecule has 5 nitrogen and oxygen atoms in total. The Bertz CT molecular complexity index is 460. The molecular weight excluding hydrogens is 244 g/mol. The summed E-state index contributed by atoms with van der Waals surface area (Å²) in [4.78, 5) is 24.3. The monoisotopic (exact) mass is 264 g/mol. The minimum absolute atomic E-state index is 0.0543. The number of carboxylic acids is 1. The normalized spacial score (nSPS) is 12.2. The number of rotatable bonds is 6. The van der Waals surface area contributed by atoms with Crippen LogP contribution in [0.5, 0.6) is 0 Å². The third kappa shape index (κ3) is 4.71. The van der Waals surface area contributed by atoms with Crippen molar-refractivity contribution in [3.8, 4) is 0 Å². The van der Waals surface area contributed by atoms with Gasteiger partial charge in [-0.05, 0) is 38.1 Å². The third-order valence-electron chi connectivity index (χ3n) is 2.90. The number of likely N-dealkylation sites (N-methyl/N-ethyl adjacent to an activating group) is 1. The minimum Gasteiger partial charge on any atom is -0.480 e. The number of nitrogens with zero attached hydrogens (tertiary/aromatic N) is 1. The standard InChI is InChI=1S/C14H20N2O3/c1-4-12(14(18)19)16(3)9-13(17)15-11-7-5-6-10(2)8-11/h5-8,12H,4,9H2,1-3H3,(H,15,17)(H,18,19). The molecule has 0 spiro atoms. The summed E-state index contributed by atoms with van der Waals surface area (Å²) in [5.74, 6) is -1.12. The van der Waals surface area contributed by atoms with Crippen LogP contribution in [0.25, 0.3) is 0 Å². The second kappa shape index (κ2) is 6.89. The quantitative estimate of drug-likeness (QED) is 0.821. The zero-order valence-electron chi connectivity index (χ0n) is 11.5. The number of amides is 1. The minimum atomic E-state index is -0.909. The highest BCUT2D eigenvalue weighted by Gasteiger charge is 2.22. The average molecular weight is 264 g/mol. The van der Waals surface area contributed by atoms with E-state index in [2.05, 4.69) is 5.32 Å². The lowest BCUT2D eigenvalue weighted by Gasteiger charge is -2.22. The molecule has 0 aromatic heterocycles. The first kappa shape index (κ1) is 15.2. The smallest absolute Gasteiger partial charge is 0.320 e. The van der Waals surface area contributed by atoms with Gasteiger partial charge in [-0.3, -0.25) is 14.5 Å². The van der Waals surface area contributed by atoms with Gasteiger partial charge in [0.25, 0.3) is 0 Å². The van der Waals surface area contributed by atoms with Crippen molar-refractivity contribution < 1.29 is 14.7 Å². The Morgan fingerprint density at radius 3 is 2.63 bits per heavy atom. The van der Waals surface area contributed by atoms with Gasteiger partial charge in [-0.25, -0.2) is 0 Å². The first-order valence-corrected chi connectivity index (χ1v) is 6.23. The number of carboxylic acid groups (broad SMARTS) is 1. The van der Waals surface area contributed by atoms with Crippen LogP contribution in [0.3, 0.4) is 0 Å². The Hall–Kier alpha value is -1.88. The van der Waals surface area contributed by atoms with Crippen LogP contribution >= 0.6 is 0 Å². The summed E-state index contributed by atoms with van der Waals surface area (Å²) in [5.41, 5.74) is 1.78. The number of carbonyl (C=O) groups excluding carboxylic acids is 1. The number of hydrogen-bond donors (Lipinski definition) is 2. The highest BCUT2D eigenvalue weighted by Crippen LogP contribution is 2.10. The molecule has 0 heterocycles. The second-order valence-electron chi connectivity index (χ2n) is 4.60. The SMILES string of the molecule is CCC(C(=O)O)N(C)CC(=O)Nc1cccc(C)c1.